The molecule has 4 N–H and O–H groups in total. The monoisotopic (exact) mass is 237 g/mol. The number of hydrogen-bond acceptors (Lipinski definition) is 4. The van der Waals surface area contributed by atoms with Crippen LogP contribution >= 0.6 is 0 Å². The maximum absolute atomic E-state index is 12.2. The summed E-state index contributed by atoms with van der Waals surface area (Å²) in [5.41, 5.74) is 2.93. The van der Waals surface area contributed by atoms with Gasteiger partial charge in [-0.15, -0.1) is 0 Å². The van der Waals surface area contributed by atoms with Crippen LogP contribution in [-0.2, 0) is 0 Å². The Hall–Kier alpha value is -1.59. The van der Waals surface area contributed by atoms with E-state index in [1.807, 2.05) is 0 Å². The summed E-state index contributed by atoms with van der Waals surface area (Å²) >= 11 is 0. The number of para-hydroxylation sites is 1. The molecule has 17 heavy (non-hydrogen) atoms. The van der Waals surface area contributed by atoms with Crippen LogP contribution in [0, 0.1) is 0 Å². The Morgan fingerprint density at radius 2 is 2.06 bits per heavy atom. The highest BCUT2D eigenvalue weighted by Gasteiger charge is 2.28. The maximum atomic E-state index is 12.2. The van der Waals surface area contributed by atoms with Gasteiger partial charge in [-0.3, -0.25) is 10.6 Å². The molecule has 1 aromatic carbocycles. The Bertz CT molecular complexity index is 404. The van der Waals surface area contributed by atoms with Gasteiger partial charge in [0.25, 0.3) is 5.91 Å². The van der Waals surface area contributed by atoms with Crippen LogP contribution in [0.2, 0.25) is 0 Å². The molecule has 0 spiro atoms. The molecule has 0 aliphatic carbocycles. The van der Waals surface area contributed by atoms with Crippen molar-refractivity contribution < 1.29 is 9.90 Å². The Balaban J connectivity index is 3.04. The number of nitrogens with one attached hydrogen (secondary N) is 1. The van der Waals surface area contributed by atoms with Crippen molar-refractivity contribution in [1.29, 1.82) is 0 Å². The van der Waals surface area contributed by atoms with Crippen molar-refractivity contribution in [3.05, 3.63) is 29.8 Å². The first kappa shape index (κ1) is 13.5. The number of carbonyl (C=O) groups is 1. The molecule has 0 heterocycles. The van der Waals surface area contributed by atoms with Crippen molar-refractivity contribution in [3.63, 3.8) is 0 Å². The number of amides is 1. The maximum Gasteiger partial charge on any atom is 0.256 e. The lowest BCUT2D eigenvalue weighted by atomic mass is 10.0. The Morgan fingerprint density at radius 1 is 1.47 bits per heavy atom. The van der Waals surface area contributed by atoms with Crippen LogP contribution in [0.25, 0.3) is 0 Å². The number of hydrogen-bond donors (Lipinski definition) is 3. The minimum atomic E-state index is -0.612. The van der Waals surface area contributed by atoms with Gasteiger partial charge in [-0.1, -0.05) is 12.1 Å². The van der Waals surface area contributed by atoms with Crippen LogP contribution in [-0.4, -0.2) is 35.1 Å². The van der Waals surface area contributed by atoms with Gasteiger partial charge in [0.2, 0.25) is 0 Å². The molecule has 94 valence electrons. The SMILES string of the molecule is CN(C(=O)c1ccccc1NN)C(C)(C)CO. The third kappa shape index (κ3) is 2.75. The lowest BCUT2D eigenvalue weighted by Gasteiger charge is -2.34. The summed E-state index contributed by atoms with van der Waals surface area (Å²) < 4.78 is 0. The van der Waals surface area contributed by atoms with E-state index in [2.05, 4.69) is 5.43 Å². The Morgan fingerprint density at radius 3 is 2.59 bits per heavy atom. The van der Waals surface area contributed by atoms with E-state index < -0.39 is 5.54 Å². The van der Waals surface area contributed by atoms with Crippen molar-refractivity contribution in [2.75, 3.05) is 19.1 Å². The quantitative estimate of drug-likeness (QED) is 0.535. The summed E-state index contributed by atoms with van der Waals surface area (Å²) in [5.74, 6) is 5.18. The predicted octanol–water partition coefficient (Wildman–Crippen LogP) is 0.815. The van der Waals surface area contributed by atoms with Gasteiger partial charge >= 0.3 is 0 Å². The number of aliphatic hydroxyl groups excluding tert-OH is 1. The van der Waals surface area contributed by atoms with Crippen molar-refractivity contribution in [3.8, 4) is 0 Å². The molecule has 0 aromatic heterocycles. The Kier molecular flexibility index (Phi) is 4.09. The third-order valence-electron chi connectivity index (χ3n) is 2.91. The van der Waals surface area contributed by atoms with Gasteiger partial charge in [0.05, 0.1) is 23.4 Å². The largest absolute Gasteiger partial charge is 0.394 e. The van der Waals surface area contributed by atoms with Gasteiger partial charge in [0, 0.05) is 7.05 Å². The number of carbonyl (C=O) groups excluding carboxylic acids is 1. The molecule has 1 aromatic rings. The molecule has 5 heteroatoms. The summed E-state index contributed by atoms with van der Waals surface area (Å²) in [4.78, 5) is 13.8. The number of aliphatic hydroxyl groups is 1. The van der Waals surface area contributed by atoms with Gasteiger partial charge < -0.3 is 15.4 Å². The molecule has 1 amide bonds. The molecule has 0 atom stereocenters. The van der Waals surface area contributed by atoms with E-state index in [9.17, 15) is 9.90 Å². The number of nitrogen functional groups attached to an aromatic ring is 1. The predicted molar refractivity (Wildman–Crippen MR) is 67.5 cm³/mol. The molecule has 0 unspecified atom stereocenters. The average molecular weight is 237 g/mol. The standard InChI is InChI=1S/C12H19N3O2/c1-12(2,8-16)15(3)11(17)9-6-4-5-7-10(9)14-13/h4-7,14,16H,8,13H2,1-3H3. The van der Waals surface area contributed by atoms with E-state index in [0.717, 1.165) is 0 Å². The number of nitrogens with zero attached hydrogens (tertiary/aromatic N) is 1. The average Bonchev–Trinajstić information content (AvgIpc) is 2.36. The highest BCUT2D eigenvalue weighted by atomic mass is 16.3. The smallest absolute Gasteiger partial charge is 0.256 e. The van der Waals surface area contributed by atoms with Crippen LogP contribution in [0.15, 0.2) is 24.3 Å². The molecule has 5 nitrogen and oxygen atoms in total. The van der Waals surface area contributed by atoms with Gasteiger partial charge in [-0.2, -0.15) is 0 Å². The summed E-state index contributed by atoms with van der Waals surface area (Å²) in [6, 6.07) is 6.99. The number of anilines is 1. The van der Waals surface area contributed by atoms with Crippen LogP contribution in [0.3, 0.4) is 0 Å². The molecule has 0 fully saturated rings. The van der Waals surface area contributed by atoms with Crippen molar-refractivity contribution in [1.82, 2.24) is 4.90 Å². The molecule has 0 saturated heterocycles. The van der Waals surface area contributed by atoms with E-state index in [-0.39, 0.29) is 12.5 Å². The van der Waals surface area contributed by atoms with Crippen LogP contribution < -0.4 is 11.3 Å². The lowest BCUT2D eigenvalue weighted by Crippen LogP contribution is -2.47. The normalized spacial score (nSPS) is 11.1. The zero-order valence-electron chi connectivity index (χ0n) is 10.4. The molecular formula is C12H19N3O2. The van der Waals surface area contributed by atoms with Crippen LogP contribution in [0.1, 0.15) is 24.2 Å². The molecule has 0 radical (unpaired) electrons. The summed E-state index contributed by atoms with van der Waals surface area (Å²) in [6.45, 7) is 3.49. The first-order valence-corrected chi connectivity index (χ1v) is 5.38. The highest BCUT2D eigenvalue weighted by Crippen LogP contribution is 2.20. The van der Waals surface area contributed by atoms with E-state index in [1.54, 1.807) is 45.2 Å². The number of likely N-dealkylation sites (N-methyl/N-ethyl adjacent to an activating group) is 1. The minimum absolute atomic E-state index is 0.104. The number of nitrogens with two attached hydrogens (primary N) is 1. The topological polar surface area (TPSA) is 78.6 Å². The number of rotatable bonds is 4. The molecule has 0 aliphatic heterocycles. The van der Waals surface area contributed by atoms with Gasteiger partial charge in [-0.05, 0) is 26.0 Å². The molecule has 0 aliphatic rings. The van der Waals surface area contributed by atoms with Gasteiger partial charge in [0.15, 0.2) is 0 Å². The summed E-state index contributed by atoms with van der Waals surface area (Å²) in [7, 11) is 1.66. The first-order valence-electron chi connectivity index (χ1n) is 5.38. The Labute approximate surface area is 101 Å². The second-order valence-electron chi connectivity index (χ2n) is 4.52. The second-order valence-corrected chi connectivity index (χ2v) is 4.52. The summed E-state index contributed by atoms with van der Waals surface area (Å²) in [5, 5.41) is 9.25. The zero-order chi connectivity index (χ0) is 13.1. The van der Waals surface area contributed by atoms with Crippen molar-refractivity contribution >= 4 is 11.6 Å². The minimum Gasteiger partial charge on any atom is -0.394 e. The first-order chi connectivity index (χ1) is 7.94. The van der Waals surface area contributed by atoms with Crippen LogP contribution in [0.5, 0.6) is 0 Å². The molecule has 1 rings (SSSR count). The fourth-order valence-corrected chi connectivity index (χ4v) is 1.36. The zero-order valence-corrected chi connectivity index (χ0v) is 10.4. The van der Waals surface area contributed by atoms with Crippen molar-refractivity contribution in [2.45, 2.75) is 19.4 Å². The van der Waals surface area contributed by atoms with E-state index in [4.69, 9.17) is 5.84 Å². The van der Waals surface area contributed by atoms with Crippen LogP contribution in [0.4, 0.5) is 5.69 Å². The second kappa shape index (κ2) is 5.16. The fraction of sp³-hybridized carbons (Fsp3) is 0.417. The van der Waals surface area contributed by atoms with Crippen molar-refractivity contribution in [2.24, 2.45) is 5.84 Å². The van der Waals surface area contributed by atoms with E-state index >= 15 is 0 Å². The number of benzene rings is 1. The highest BCUT2D eigenvalue weighted by molar-refractivity contribution is 5.99. The number of hydrazine groups is 1. The lowest BCUT2D eigenvalue weighted by molar-refractivity contribution is 0.0474. The van der Waals surface area contributed by atoms with E-state index in [1.165, 1.54) is 4.90 Å². The van der Waals surface area contributed by atoms with E-state index in [0.29, 0.717) is 11.3 Å². The molecule has 0 saturated carbocycles. The third-order valence-corrected chi connectivity index (χ3v) is 2.91. The molecule has 0 bridgehead atoms. The van der Waals surface area contributed by atoms with Gasteiger partial charge in [-0.25, -0.2) is 0 Å². The van der Waals surface area contributed by atoms with Gasteiger partial charge in [0.1, 0.15) is 0 Å². The summed E-state index contributed by atoms with van der Waals surface area (Å²) in [6.07, 6.45) is 0. The fourth-order valence-electron chi connectivity index (χ4n) is 1.36. The molecular weight excluding hydrogens is 218 g/mol.